The Morgan fingerprint density at radius 3 is 2.43 bits per heavy atom. The van der Waals surface area contributed by atoms with Crippen LogP contribution in [0.1, 0.15) is 49.3 Å². The number of carbonyl (C=O) groups is 2. The van der Waals surface area contributed by atoms with Crippen molar-refractivity contribution in [1.82, 2.24) is 5.01 Å². The highest BCUT2D eigenvalue weighted by Gasteiger charge is 2.44. The number of hydrogen-bond acceptors (Lipinski definition) is 7. The molecule has 1 aliphatic heterocycles. The molecule has 11 heteroatoms. The van der Waals surface area contributed by atoms with Crippen LogP contribution in [0.25, 0.3) is 6.08 Å². The third-order valence-electron chi connectivity index (χ3n) is 6.15. The van der Waals surface area contributed by atoms with Crippen LogP contribution in [0.2, 0.25) is 0 Å². The number of nitro groups is 2. The molecule has 11 nitrogen and oxygen atoms in total. The summed E-state index contributed by atoms with van der Waals surface area (Å²) >= 11 is 0. The molecule has 2 aromatic carbocycles. The van der Waals surface area contributed by atoms with Gasteiger partial charge in [-0.15, -0.1) is 0 Å². The Labute approximate surface area is 199 Å². The van der Waals surface area contributed by atoms with Gasteiger partial charge in [-0.25, -0.2) is 5.01 Å². The summed E-state index contributed by atoms with van der Waals surface area (Å²) in [7, 11) is 0. The molecule has 180 valence electrons. The van der Waals surface area contributed by atoms with Crippen LogP contribution in [0.4, 0.5) is 11.4 Å². The maximum absolute atomic E-state index is 13.0. The SMILES string of the molecule is O=C(O)CCC(=O)N1N=C2/C(=C/c3cccc([N+](=O)[O-])c3)CCC[C@H]2[C@H]1c1cccc([N+](=O)[O-])c1. The van der Waals surface area contributed by atoms with E-state index in [1.54, 1.807) is 24.3 Å². The van der Waals surface area contributed by atoms with Crippen molar-refractivity contribution in [2.75, 3.05) is 0 Å². The summed E-state index contributed by atoms with van der Waals surface area (Å²) < 4.78 is 0. The van der Waals surface area contributed by atoms with Crippen LogP contribution in [-0.2, 0) is 9.59 Å². The zero-order valence-electron chi connectivity index (χ0n) is 18.6. The number of nitro benzene ring substituents is 2. The van der Waals surface area contributed by atoms with Crippen LogP contribution in [0, 0.1) is 26.1 Å². The monoisotopic (exact) mass is 478 g/mol. The number of allylic oxidation sites excluding steroid dienone is 1. The molecule has 1 saturated carbocycles. The number of benzene rings is 2. The number of hydrazone groups is 1. The van der Waals surface area contributed by atoms with Crippen LogP contribution in [-0.4, -0.2) is 37.6 Å². The third-order valence-corrected chi connectivity index (χ3v) is 6.15. The Morgan fingerprint density at radius 1 is 1.06 bits per heavy atom. The minimum absolute atomic E-state index is 0.0417. The Kier molecular flexibility index (Phi) is 6.67. The first kappa shape index (κ1) is 23.7. The van der Waals surface area contributed by atoms with E-state index in [0.29, 0.717) is 29.7 Å². The number of carbonyl (C=O) groups excluding carboxylic acids is 1. The topological polar surface area (TPSA) is 156 Å². The van der Waals surface area contributed by atoms with E-state index in [2.05, 4.69) is 5.10 Å². The molecular formula is C24H22N4O7. The van der Waals surface area contributed by atoms with E-state index >= 15 is 0 Å². The molecular weight excluding hydrogens is 456 g/mol. The number of rotatable bonds is 7. The first-order chi connectivity index (χ1) is 16.7. The minimum atomic E-state index is -1.11. The van der Waals surface area contributed by atoms with Gasteiger partial charge in [-0.1, -0.05) is 24.3 Å². The summed E-state index contributed by atoms with van der Waals surface area (Å²) in [4.78, 5) is 45.6. The van der Waals surface area contributed by atoms with Crippen molar-refractivity contribution in [3.63, 3.8) is 0 Å². The van der Waals surface area contributed by atoms with Crippen molar-refractivity contribution >= 4 is 35.0 Å². The van der Waals surface area contributed by atoms with E-state index < -0.39 is 27.8 Å². The molecule has 2 atom stereocenters. The lowest BCUT2D eigenvalue weighted by Crippen LogP contribution is -2.32. The highest BCUT2D eigenvalue weighted by Crippen LogP contribution is 2.45. The zero-order valence-corrected chi connectivity index (χ0v) is 18.6. The van der Waals surface area contributed by atoms with E-state index in [1.165, 1.54) is 29.3 Å². The molecule has 0 bridgehead atoms. The Balaban J connectivity index is 1.75. The Morgan fingerprint density at radius 2 is 1.74 bits per heavy atom. The first-order valence-electron chi connectivity index (χ1n) is 11.1. The van der Waals surface area contributed by atoms with Crippen molar-refractivity contribution < 1.29 is 24.5 Å². The second kappa shape index (κ2) is 9.84. The van der Waals surface area contributed by atoms with Crippen molar-refractivity contribution in [1.29, 1.82) is 0 Å². The Hall–Kier alpha value is -4.41. The van der Waals surface area contributed by atoms with Gasteiger partial charge in [-0.3, -0.25) is 29.8 Å². The number of aliphatic carboxylic acids is 1. The lowest BCUT2D eigenvalue weighted by atomic mass is 9.77. The second-order valence-electron chi connectivity index (χ2n) is 8.43. The second-order valence-corrected chi connectivity index (χ2v) is 8.43. The molecule has 1 aliphatic carbocycles. The molecule has 0 spiro atoms. The maximum atomic E-state index is 13.0. The van der Waals surface area contributed by atoms with Gasteiger partial charge in [-0.05, 0) is 42.0 Å². The van der Waals surface area contributed by atoms with Gasteiger partial charge in [0.25, 0.3) is 11.4 Å². The molecule has 0 radical (unpaired) electrons. The van der Waals surface area contributed by atoms with E-state index in [0.717, 1.165) is 12.0 Å². The molecule has 35 heavy (non-hydrogen) atoms. The van der Waals surface area contributed by atoms with Gasteiger partial charge in [-0.2, -0.15) is 5.10 Å². The molecule has 1 fully saturated rings. The number of non-ortho nitro benzene ring substituents is 2. The molecule has 1 N–H and O–H groups in total. The van der Waals surface area contributed by atoms with Crippen molar-refractivity contribution in [2.45, 2.75) is 38.1 Å². The normalized spacial score (nSPS) is 20.3. The van der Waals surface area contributed by atoms with E-state index in [1.807, 2.05) is 6.08 Å². The summed E-state index contributed by atoms with van der Waals surface area (Å²) in [6, 6.07) is 11.6. The van der Waals surface area contributed by atoms with E-state index in [-0.39, 0.29) is 30.1 Å². The number of hydrogen-bond donors (Lipinski definition) is 1. The number of carboxylic acids is 1. The van der Waals surface area contributed by atoms with Crippen molar-refractivity contribution in [2.24, 2.45) is 11.0 Å². The lowest BCUT2D eigenvalue weighted by Gasteiger charge is -2.29. The molecule has 1 amide bonds. The fourth-order valence-electron chi connectivity index (χ4n) is 4.62. The van der Waals surface area contributed by atoms with Gasteiger partial charge in [0.15, 0.2) is 0 Å². The smallest absolute Gasteiger partial charge is 0.303 e. The van der Waals surface area contributed by atoms with Crippen LogP contribution in [0.15, 0.2) is 59.2 Å². The first-order valence-corrected chi connectivity index (χ1v) is 11.1. The van der Waals surface area contributed by atoms with Crippen molar-refractivity contribution in [3.8, 4) is 0 Å². The van der Waals surface area contributed by atoms with E-state index in [4.69, 9.17) is 5.11 Å². The summed E-state index contributed by atoms with van der Waals surface area (Å²) in [6.07, 6.45) is 3.30. The number of fused-ring (bicyclic) bond motifs is 1. The predicted octanol–water partition coefficient (Wildman–Crippen LogP) is 4.49. The average molecular weight is 478 g/mol. The fourth-order valence-corrected chi connectivity index (χ4v) is 4.62. The molecule has 0 aromatic heterocycles. The van der Waals surface area contributed by atoms with E-state index in [9.17, 15) is 29.8 Å². The molecule has 0 unspecified atom stereocenters. The lowest BCUT2D eigenvalue weighted by molar-refractivity contribution is -0.385. The van der Waals surface area contributed by atoms with Crippen LogP contribution in [0.3, 0.4) is 0 Å². The molecule has 0 saturated heterocycles. The average Bonchev–Trinajstić information content (AvgIpc) is 3.23. The number of nitrogens with zero attached hydrogens (tertiary/aromatic N) is 4. The molecule has 2 aromatic rings. The highest BCUT2D eigenvalue weighted by molar-refractivity contribution is 6.08. The number of amides is 1. The summed E-state index contributed by atoms with van der Waals surface area (Å²) in [6.45, 7) is 0. The fraction of sp³-hybridized carbons (Fsp3) is 0.292. The standard InChI is InChI=1S/C24H22N4O7/c29-21(10-11-22(30)31)26-24(17-6-2-8-19(14-17)28(34)35)20-9-3-5-16(23(20)25-26)12-15-4-1-7-18(13-15)27(32)33/h1-2,4,6-8,12-14,20,24H,3,5,9-11H2,(H,30,31)/b16-12+/t20-,24-/m1/s1. The van der Waals surface area contributed by atoms with Crippen molar-refractivity contribution in [3.05, 3.63) is 85.5 Å². The summed E-state index contributed by atoms with van der Waals surface area (Å²) in [5.41, 5.74) is 2.48. The maximum Gasteiger partial charge on any atom is 0.303 e. The van der Waals surface area contributed by atoms with Gasteiger partial charge in [0, 0.05) is 36.6 Å². The van der Waals surface area contributed by atoms with Crippen LogP contribution in [0.5, 0.6) is 0 Å². The van der Waals surface area contributed by atoms with Gasteiger partial charge in [0.1, 0.15) is 0 Å². The van der Waals surface area contributed by atoms with Crippen LogP contribution < -0.4 is 0 Å². The molecule has 1 heterocycles. The quantitative estimate of drug-likeness (QED) is 0.454. The Bertz CT molecular complexity index is 1270. The van der Waals surface area contributed by atoms with Crippen LogP contribution >= 0.6 is 0 Å². The predicted molar refractivity (Wildman–Crippen MR) is 125 cm³/mol. The zero-order chi connectivity index (χ0) is 25.1. The van der Waals surface area contributed by atoms with Gasteiger partial charge >= 0.3 is 5.97 Å². The third kappa shape index (κ3) is 5.08. The van der Waals surface area contributed by atoms with Gasteiger partial charge in [0.05, 0.1) is 28.0 Å². The highest BCUT2D eigenvalue weighted by atomic mass is 16.6. The molecule has 2 aliphatic rings. The molecule has 4 rings (SSSR count). The summed E-state index contributed by atoms with van der Waals surface area (Å²) in [5, 5.41) is 37.4. The van der Waals surface area contributed by atoms with Gasteiger partial charge < -0.3 is 5.11 Å². The minimum Gasteiger partial charge on any atom is -0.481 e. The number of carboxylic acid groups (broad SMARTS) is 1. The van der Waals surface area contributed by atoms with Gasteiger partial charge in [0.2, 0.25) is 5.91 Å². The largest absolute Gasteiger partial charge is 0.481 e. The summed E-state index contributed by atoms with van der Waals surface area (Å²) in [5.74, 6) is -1.84.